The first-order valence-electron chi connectivity index (χ1n) is 5.66. The minimum atomic E-state index is -4.88. The van der Waals surface area contributed by atoms with Crippen LogP contribution in [0.15, 0.2) is 29.5 Å². The van der Waals surface area contributed by atoms with Gasteiger partial charge in [-0.05, 0) is 25.1 Å². The molecule has 0 radical (unpaired) electrons. The fraction of sp³-hybridized carbons (Fsp3) is 0.167. The third-order valence-corrected chi connectivity index (χ3v) is 2.35. The molecule has 2 rings (SSSR count). The predicted octanol–water partition coefficient (Wildman–Crippen LogP) is 2.69. The lowest BCUT2D eigenvalue weighted by atomic mass is 10.2. The van der Waals surface area contributed by atoms with Gasteiger partial charge in [0.15, 0.2) is 0 Å². The van der Waals surface area contributed by atoms with Crippen molar-refractivity contribution in [1.82, 2.24) is 9.66 Å². The summed E-state index contributed by atoms with van der Waals surface area (Å²) in [5.74, 6) is -1.23. The van der Waals surface area contributed by atoms with E-state index < -0.39 is 17.9 Å². The summed E-state index contributed by atoms with van der Waals surface area (Å²) in [4.78, 5) is 3.86. The Hall–Kier alpha value is -2.58. The molecule has 5 nitrogen and oxygen atoms in total. The van der Waals surface area contributed by atoms with Crippen LogP contribution >= 0.6 is 0 Å². The molecule has 0 saturated carbocycles. The van der Waals surface area contributed by atoms with Crippen LogP contribution in [0, 0.1) is 12.7 Å². The number of nitrogens with two attached hydrogens (primary N) is 1. The molecule has 0 unspecified atom stereocenters. The van der Waals surface area contributed by atoms with Crippen LogP contribution in [-0.4, -0.2) is 22.2 Å². The molecule has 1 heterocycles. The van der Waals surface area contributed by atoms with Crippen molar-refractivity contribution in [3.05, 3.63) is 41.5 Å². The molecule has 0 bridgehead atoms. The number of nitrogens with zero attached hydrogens (tertiary/aromatic N) is 3. The number of hydrogen-bond donors (Lipinski definition) is 1. The Labute approximate surface area is 116 Å². The van der Waals surface area contributed by atoms with Gasteiger partial charge in [0.2, 0.25) is 5.95 Å². The van der Waals surface area contributed by atoms with E-state index in [1.165, 1.54) is 6.20 Å². The van der Waals surface area contributed by atoms with E-state index in [9.17, 15) is 17.6 Å². The largest absolute Gasteiger partial charge is 0.573 e. The SMILES string of the molecule is Cc1cn(N=Cc2cc(F)ccc2OC(F)(F)F)c(N)n1. The first-order valence-corrected chi connectivity index (χ1v) is 5.66. The molecule has 0 amide bonds. The fourth-order valence-electron chi connectivity index (χ4n) is 1.56. The van der Waals surface area contributed by atoms with Crippen molar-refractivity contribution in [1.29, 1.82) is 0 Å². The van der Waals surface area contributed by atoms with Crippen LogP contribution in [0.1, 0.15) is 11.3 Å². The van der Waals surface area contributed by atoms with Crippen LogP contribution in [0.25, 0.3) is 0 Å². The molecule has 112 valence electrons. The minimum Gasteiger partial charge on any atom is -0.405 e. The van der Waals surface area contributed by atoms with E-state index in [1.54, 1.807) is 6.92 Å². The van der Waals surface area contributed by atoms with Gasteiger partial charge in [0.25, 0.3) is 0 Å². The highest BCUT2D eigenvalue weighted by molar-refractivity contribution is 5.83. The number of benzene rings is 1. The second kappa shape index (κ2) is 5.43. The summed E-state index contributed by atoms with van der Waals surface area (Å²) in [7, 11) is 0. The average molecular weight is 302 g/mol. The molecule has 0 fully saturated rings. The lowest BCUT2D eigenvalue weighted by Gasteiger charge is -2.11. The number of hydrogen-bond acceptors (Lipinski definition) is 4. The van der Waals surface area contributed by atoms with E-state index in [0.717, 1.165) is 29.1 Å². The quantitative estimate of drug-likeness (QED) is 0.700. The third-order valence-electron chi connectivity index (χ3n) is 2.35. The minimum absolute atomic E-state index is 0.0541. The van der Waals surface area contributed by atoms with Gasteiger partial charge in [0, 0.05) is 5.56 Å². The van der Waals surface area contributed by atoms with Crippen LogP contribution in [0.2, 0.25) is 0 Å². The summed E-state index contributed by atoms with van der Waals surface area (Å²) < 4.78 is 54.9. The van der Waals surface area contributed by atoms with Gasteiger partial charge in [-0.1, -0.05) is 0 Å². The fourth-order valence-corrected chi connectivity index (χ4v) is 1.56. The molecule has 0 atom stereocenters. The second-order valence-electron chi connectivity index (χ2n) is 4.06. The maximum Gasteiger partial charge on any atom is 0.573 e. The Bertz CT molecular complexity index is 678. The normalized spacial score (nSPS) is 12.0. The van der Waals surface area contributed by atoms with E-state index in [2.05, 4.69) is 14.8 Å². The van der Waals surface area contributed by atoms with E-state index in [-0.39, 0.29) is 11.5 Å². The highest BCUT2D eigenvalue weighted by atomic mass is 19.4. The van der Waals surface area contributed by atoms with Crippen molar-refractivity contribution in [3.63, 3.8) is 0 Å². The van der Waals surface area contributed by atoms with Crippen molar-refractivity contribution in [3.8, 4) is 5.75 Å². The van der Waals surface area contributed by atoms with Gasteiger partial charge in [-0.15, -0.1) is 13.2 Å². The third kappa shape index (κ3) is 3.94. The summed E-state index contributed by atoms with van der Waals surface area (Å²) in [6.45, 7) is 1.67. The zero-order valence-electron chi connectivity index (χ0n) is 10.7. The summed E-state index contributed by atoms with van der Waals surface area (Å²) in [6.07, 6.45) is -2.41. The Morgan fingerprint density at radius 3 is 2.67 bits per heavy atom. The number of alkyl halides is 3. The monoisotopic (exact) mass is 302 g/mol. The Kier molecular flexibility index (Phi) is 3.83. The highest BCUT2D eigenvalue weighted by Crippen LogP contribution is 2.26. The van der Waals surface area contributed by atoms with Gasteiger partial charge < -0.3 is 10.5 Å². The van der Waals surface area contributed by atoms with Gasteiger partial charge in [-0.3, -0.25) is 0 Å². The van der Waals surface area contributed by atoms with E-state index >= 15 is 0 Å². The lowest BCUT2D eigenvalue weighted by Crippen LogP contribution is -2.18. The van der Waals surface area contributed by atoms with Crippen LogP contribution in [-0.2, 0) is 0 Å². The first kappa shape index (κ1) is 14.8. The number of aryl methyl sites for hydroxylation is 1. The van der Waals surface area contributed by atoms with Crippen molar-refractivity contribution >= 4 is 12.2 Å². The number of halogens is 4. The smallest absolute Gasteiger partial charge is 0.405 e. The predicted molar refractivity (Wildman–Crippen MR) is 67.5 cm³/mol. The number of aromatic nitrogens is 2. The molecule has 0 saturated heterocycles. The Morgan fingerprint density at radius 1 is 1.38 bits per heavy atom. The van der Waals surface area contributed by atoms with Gasteiger partial charge in [-0.2, -0.15) is 5.10 Å². The summed E-state index contributed by atoms with van der Waals surface area (Å²) in [5, 5.41) is 3.82. The molecule has 1 aromatic carbocycles. The Balaban J connectivity index is 2.34. The van der Waals surface area contributed by atoms with Gasteiger partial charge in [0.05, 0.1) is 18.1 Å². The molecule has 0 spiro atoms. The number of anilines is 1. The Morgan fingerprint density at radius 2 is 2.10 bits per heavy atom. The van der Waals surface area contributed by atoms with Crippen LogP contribution in [0.5, 0.6) is 5.75 Å². The molecular formula is C12H10F4N4O. The number of nitrogen functional groups attached to an aromatic ring is 1. The van der Waals surface area contributed by atoms with Crippen molar-refractivity contribution < 1.29 is 22.3 Å². The first-order chi connectivity index (χ1) is 9.74. The topological polar surface area (TPSA) is 65.4 Å². The molecule has 0 aliphatic heterocycles. The molecule has 1 aromatic heterocycles. The maximum atomic E-state index is 13.1. The average Bonchev–Trinajstić information content (AvgIpc) is 2.66. The van der Waals surface area contributed by atoms with Crippen LogP contribution in [0.3, 0.4) is 0 Å². The van der Waals surface area contributed by atoms with E-state index in [0.29, 0.717) is 5.69 Å². The second-order valence-corrected chi connectivity index (χ2v) is 4.06. The van der Waals surface area contributed by atoms with Crippen LogP contribution in [0.4, 0.5) is 23.5 Å². The number of ether oxygens (including phenoxy) is 1. The van der Waals surface area contributed by atoms with E-state index in [1.807, 2.05) is 0 Å². The number of imidazole rings is 1. The molecular weight excluding hydrogens is 292 g/mol. The molecule has 2 aromatic rings. The van der Waals surface area contributed by atoms with Crippen molar-refractivity contribution in [2.75, 3.05) is 5.73 Å². The van der Waals surface area contributed by atoms with Gasteiger partial charge >= 0.3 is 6.36 Å². The zero-order chi connectivity index (χ0) is 15.6. The highest BCUT2D eigenvalue weighted by Gasteiger charge is 2.32. The van der Waals surface area contributed by atoms with Gasteiger partial charge in [0.1, 0.15) is 11.6 Å². The molecule has 0 aliphatic rings. The number of rotatable bonds is 3. The van der Waals surface area contributed by atoms with Crippen molar-refractivity contribution in [2.45, 2.75) is 13.3 Å². The maximum absolute atomic E-state index is 13.1. The molecule has 2 N–H and O–H groups in total. The van der Waals surface area contributed by atoms with Crippen LogP contribution < -0.4 is 10.5 Å². The zero-order valence-corrected chi connectivity index (χ0v) is 10.7. The standard InChI is InChI=1S/C12H10F4N4O/c1-7-6-20(11(17)19-7)18-5-8-4-9(13)2-3-10(8)21-12(14,15)16/h2-6H,1H3,(H2,17,19). The molecule has 21 heavy (non-hydrogen) atoms. The molecule has 0 aliphatic carbocycles. The van der Waals surface area contributed by atoms with Gasteiger partial charge in [-0.25, -0.2) is 14.1 Å². The summed E-state index contributed by atoms with van der Waals surface area (Å²) in [5.41, 5.74) is 5.93. The van der Waals surface area contributed by atoms with E-state index in [4.69, 9.17) is 5.73 Å². The summed E-state index contributed by atoms with van der Waals surface area (Å²) in [6, 6.07) is 2.59. The van der Waals surface area contributed by atoms with Crippen molar-refractivity contribution in [2.24, 2.45) is 5.10 Å². The lowest BCUT2D eigenvalue weighted by molar-refractivity contribution is -0.274. The summed E-state index contributed by atoms with van der Waals surface area (Å²) >= 11 is 0. The molecule has 9 heteroatoms.